The molecule has 0 aliphatic heterocycles. The highest BCUT2D eigenvalue weighted by molar-refractivity contribution is 5.87. The van der Waals surface area contributed by atoms with Crippen LogP contribution in [0.3, 0.4) is 0 Å². The minimum Gasteiger partial charge on any atom is -0.444 e. The van der Waals surface area contributed by atoms with E-state index in [9.17, 15) is 9.59 Å². The van der Waals surface area contributed by atoms with Crippen LogP contribution in [0, 0.1) is 0 Å². The lowest BCUT2D eigenvalue weighted by molar-refractivity contribution is -0.124. The van der Waals surface area contributed by atoms with E-state index in [1.165, 1.54) is 0 Å². The van der Waals surface area contributed by atoms with Crippen LogP contribution in [0.15, 0.2) is 30.3 Å². The molecule has 1 aromatic rings. The maximum absolute atomic E-state index is 12.6. The summed E-state index contributed by atoms with van der Waals surface area (Å²) < 4.78 is 5.28. The van der Waals surface area contributed by atoms with E-state index < -0.39 is 17.7 Å². The molecule has 126 valence electrons. The molecular formula is C18H26N2O3. The second-order valence-corrected chi connectivity index (χ2v) is 6.98. The topological polar surface area (TPSA) is 67.4 Å². The quantitative estimate of drug-likeness (QED) is 0.895. The first-order valence-electron chi connectivity index (χ1n) is 8.20. The first-order chi connectivity index (χ1) is 10.8. The fourth-order valence-electron chi connectivity index (χ4n) is 2.73. The number of hydrogen-bond donors (Lipinski definition) is 2. The molecule has 2 rings (SSSR count). The third-order valence-corrected chi connectivity index (χ3v) is 3.76. The Morgan fingerprint density at radius 2 is 1.74 bits per heavy atom. The van der Waals surface area contributed by atoms with Crippen LogP contribution in [0.4, 0.5) is 4.79 Å². The molecule has 2 amide bonds. The van der Waals surface area contributed by atoms with Gasteiger partial charge in [-0.2, -0.15) is 0 Å². The average molecular weight is 318 g/mol. The summed E-state index contributed by atoms with van der Waals surface area (Å²) in [5, 5.41) is 5.73. The fourth-order valence-corrected chi connectivity index (χ4v) is 2.73. The summed E-state index contributed by atoms with van der Waals surface area (Å²) in [7, 11) is 0. The molecule has 5 nitrogen and oxygen atoms in total. The molecule has 1 aliphatic carbocycles. The second kappa shape index (κ2) is 7.49. The van der Waals surface area contributed by atoms with Gasteiger partial charge < -0.3 is 15.4 Å². The molecule has 0 saturated heterocycles. The van der Waals surface area contributed by atoms with Gasteiger partial charge in [0.05, 0.1) is 0 Å². The fraction of sp³-hybridized carbons (Fsp3) is 0.556. The number of benzene rings is 1. The van der Waals surface area contributed by atoms with Crippen LogP contribution < -0.4 is 10.6 Å². The molecule has 1 unspecified atom stereocenters. The molecule has 0 aromatic heterocycles. The van der Waals surface area contributed by atoms with Crippen molar-refractivity contribution in [3.8, 4) is 0 Å². The Bertz CT molecular complexity index is 531. The Balaban J connectivity index is 2.08. The summed E-state index contributed by atoms with van der Waals surface area (Å²) in [6.45, 7) is 5.38. The van der Waals surface area contributed by atoms with Gasteiger partial charge in [0.15, 0.2) is 0 Å². The average Bonchev–Trinajstić information content (AvgIpc) is 2.96. The van der Waals surface area contributed by atoms with Gasteiger partial charge in [-0.25, -0.2) is 4.79 Å². The highest BCUT2D eigenvalue weighted by Crippen LogP contribution is 2.20. The van der Waals surface area contributed by atoms with Crippen LogP contribution in [-0.2, 0) is 9.53 Å². The Morgan fingerprint density at radius 1 is 1.13 bits per heavy atom. The highest BCUT2D eigenvalue weighted by atomic mass is 16.6. The van der Waals surface area contributed by atoms with Gasteiger partial charge in [-0.1, -0.05) is 43.2 Å². The van der Waals surface area contributed by atoms with Crippen molar-refractivity contribution in [1.82, 2.24) is 10.6 Å². The van der Waals surface area contributed by atoms with Crippen LogP contribution in [0.2, 0.25) is 0 Å². The SMILES string of the molecule is CC(C)(C)OC(=O)NC(C(=O)NC1CCCC1)c1ccccc1. The van der Waals surface area contributed by atoms with Crippen LogP contribution in [-0.4, -0.2) is 23.6 Å². The molecule has 0 heterocycles. The molecule has 0 radical (unpaired) electrons. The number of carbonyl (C=O) groups excluding carboxylic acids is 2. The minimum absolute atomic E-state index is 0.186. The summed E-state index contributed by atoms with van der Waals surface area (Å²) >= 11 is 0. The number of carbonyl (C=O) groups is 2. The largest absolute Gasteiger partial charge is 0.444 e. The molecular weight excluding hydrogens is 292 g/mol. The summed E-state index contributed by atoms with van der Waals surface area (Å²) in [6.07, 6.45) is 3.69. The van der Waals surface area contributed by atoms with Crippen LogP contribution >= 0.6 is 0 Å². The van der Waals surface area contributed by atoms with Gasteiger partial charge in [0, 0.05) is 6.04 Å². The van der Waals surface area contributed by atoms with E-state index >= 15 is 0 Å². The number of amides is 2. The standard InChI is InChI=1S/C18H26N2O3/c1-18(2,3)23-17(22)20-15(13-9-5-4-6-10-13)16(21)19-14-11-7-8-12-14/h4-6,9-10,14-15H,7-8,11-12H2,1-3H3,(H,19,21)(H,20,22). The Hall–Kier alpha value is -2.04. The Kier molecular flexibility index (Phi) is 5.64. The van der Waals surface area contributed by atoms with E-state index in [1.807, 2.05) is 30.3 Å². The summed E-state index contributed by atoms with van der Waals surface area (Å²) in [6, 6.07) is 8.69. The maximum Gasteiger partial charge on any atom is 0.408 e. The molecule has 0 spiro atoms. The van der Waals surface area contributed by atoms with Crippen molar-refractivity contribution in [2.75, 3.05) is 0 Å². The molecule has 1 aliphatic rings. The molecule has 1 atom stereocenters. The van der Waals surface area contributed by atoms with Gasteiger partial charge in [0.25, 0.3) is 0 Å². The van der Waals surface area contributed by atoms with Crippen molar-refractivity contribution >= 4 is 12.0 Å². The third-order valence-electron chi connectivity index (χ3n) is 3.76. The zero-order chi connectivity index (χ0) is 16.9. The molecule has 1 fully saturated rings. The lowest BCUT2D eigenvalue weighted by Gasteiger charge is -2.24. The van der Waals surface area contributed by atoms with E-state index in [0.29, 0.717) is 0 Å². The van der Waals surface area contributed by atoms with Crippen molar-refractivity contribution in [1.29, 1.82) is 0 Å². The monoisotopic (exact) mass is 318 g/mol. The van der Waals surface area contributed by atoms with E-state index in [4.69, 9.17) is 4.74 Å². The lowest BCUT2D eigenvalue weighted by Crippen LogP contribution is -2.45. The summed E-state index contributed by atoms with van der Waals surface area (Å²) in [5.74, 6) is -0.186. The summed E-state index contributed by atoms with van der Waals surface area (Å²) in [4.78, 5) is 24.7. The lowest BCUT2D eigenvalue weighted by atomic mass is 10.1. The number of nitrogens with one attached hydrogen (secondary N) is 2. The predicted octanol–water partition coefficient (Wildman–Crippen LogP) is 3.31. The van der Waals surface area contributed by atoms with Crippen molar-refractivity contribution in [3.63, 3.8) is 0 Å². The Morgan fingerprint density at radius 3 is 2.30 bits per heavy atom. The first kappa shape index (κ1) is 17.3. The molecule has 0 bridgehead atoms. The van der Waals surface area contributed by atoms with Crippen molar-refractivity contribution in [2.24, 2.45) is 0 Å². The number of hydrogen-bond acceptors (Lipinski definition) is 3. The van der Waals surface area contributed by atoms with Crippen LogP contribution in [0.1, 0.15) is 58.1 Å². The Labute approximate surface area is 137 Å². The molecule has 5 heteroatoms. The predicted molar refractivity (Wildman–Crippen MR) is 89.0 cm³/mol. The van der Waals surface area contributed by atoms with Gasteiger partial charge in [0.1, 0.15) is 11.6 Å². The minimum atomic E-state index is -0.744. The van der Waals surface area contributed by atoms with Crippen molar-refractivity contribution in [2.45, 2.75) is 64.1 Å². The van der Waals surface area contributed by atoms with Crippen LogP contribution in [0.25, 0.3) is 0 Å². The zero-order valence-corrected chi connectivity index (χ0v) is 14.1. The molecule has 2 N–H and O–H groups in total. The summed E-state index contributed by atoms with van der Waals surface area (Å²) in [5.41, 5.74) is 0.140. The van der Waals surface area contributed by atoms with Gasteiger partial charge >= 0.3 is 6.09 Å². The molecule has 1 saturated carbocycles. The van der Waals surface area contributed by atoms with E-state index in [1.54, 1.807) is 20.8 Å². The second-order valence-electron chi connectivity index (χ2n) is 6.98. The van der Waals surface area contributed by atoms with E-state index in [2.05, 4.69) is 10.6 Å². The highest BCUT2D eigenvalue weighted by Gasteiger charge is 2.28. The van der Waals surface area contributed by atoms with Gasteiger partial charge in [0.2, 0.25) is 5.91 Å². The number of alkyl carbamates (subject to hydrolysis) is 1. The first-order valence-corrected chi connectivity index (χ1v) is 8.20. The van der Waals surface area contributed by atoms with Crippen LogP contribution in [0.5, 0.6) is 0 Å². The van der Waals surface area contributed by atoms with E-state index in [0.717, 1.165) is 31.2 Å². The van der Waals surface area contributed by atoms with Gasteiger partial charge in [-0.05, 0) is 39.2 Å². The number of rotatable bonds is 4. The van der Waals surface area contributed by atoms with Gasteiger partial charge in [-0.15, -0.1) is 0 Å². The molecule has 23 heavy (non-hydrogen) atoms. The number of ether oxygens (including phenoxy) is 1. The van der Waals surface area contributed by atoms with E-state index in [-0.39, 0.29) is 11.9 Å². The zero-order valence-electron chi connectivity index (χ0n) is 14.1. The smallest absolute Gasteiger partial charge is 0.408 e. The third kappa shape index (κ3) is 5.58. The molecule has 1 aromatic carbocycles. The van der Waals surface area contributed by atoms with Crippen molar-refractivity contribution in [3.05, 3.63) is 35.9 Å². The maximum atomic E-state index is 12.6. The normalized spacial score (nSPS) is 16.7. The van der Waals surface area contributed by atoms with Gasteiger partial charge in [-0.3, -0.25) is 4.79 Å². The van der Waals surface area contributed by atoms with Crippen molar-refractivity contribution < 1.29 is 14.3 Å².